The van der Waals surface area contributed by atoms with Crippen LogP contribution in [-0.4, -0.2) is 21.3 Å². The van der Waals surface area contributed by atoms with E-state index in [1.165, 1.54) is 7.11 Å². The van der Waals surface area contributed by atoms with Crippen molar-refractivity contribution < 1.29 is 27.6 Å². The second kappa shape index (κ2) is 7.20. The number of rotatable bonds is 7. The van der Waals surface area contributed by atoms with Crippen LogP contribution in [0.3, 0.4) is 0 Å². The van der Waals surface area contributed by atoms with E-state index in [1.54, 1.807) is 62.8 Å². The van der Waals surface area contributed by atoms with Gasteiger partial charge in [0.05, 0.1) is 14.2 Å². The van der Waals surface area contributed by atoms with E-state index in [0.29, 0.717) is 23.0 Å². The highest BCUT2D eigenvalue weighted by Crippen LogP contribution is 2.49. The molecule has 2 aromatic carbocycles. The topological polar surface area (TPSA) is 63.2 Å². The number of methoxy groups -OCH3 is 2. The molecule has 0 heterocycles. The summed E-state index contributed by atoms with van der Waals surface area (Å²) in [5, 5.41) is 0. The van der Waals surface area contributed by atoms with E-state index in [0.717, 1.165) is 0 Å². The van der Waals surface area contributed by atoms with E-state index < -0.39 is 7.82 Å². The molecule has 22 heavy (non-hydrogen) atoms. The van der Waals surface area contributed by atoms with Gasteiger partial charge in [0.2, 0.25) is 0 Å². The van der Waals surface area contributed by atoms with Crippen LogP contribution in [0.4, 0.5) is 0 Å². The molecule has 0 saturated heterocycles. The first-order chi connectivity index (χ1) is 10.6. The van der Waals surface area contributed by atoms with Crippen LogP contribution in [-0.2, 0) is 9.09 Å². The van der Waals surface area contributed by atoms with Crippen LogP contribution in [0.15, 0.2) is 48.5 Å². The Balaban J connectivity index is 2.11. The standard InChI is InChI=1S/C15H17O6P/c1-17-12-4-8-14(9-5-12)20-22(16,19-3)21-15-10-6-13(18-2)7-11-15/h4-11H,1-3H3. The minimum Gasteiger partial charge on any atom is -0.497 e. The Bertz CT molecular complexity index is 585. The van der Waals surface area contributed by atoms with E-state index in [-0.39, 0.29) is 0 Å². The summed E-state index contributed by atoms with van der Waals surface area (Å²) in [7, 11) is 0.601. The lowest BCUT2D eigenvalue weighted by molar-refractivity contribution is 0.249. The largest absolute Gasteiger partial charge is 0.587 e. The highest BCUT2D eigenvalue weighted by molar-refractivity contribution is 7.49. The van der Waals surface area contributed by atoms with Crippen LogP contribution in [0.5, 0.6) is 23.0 Å². The van der Waals surface area contributed by atoms with E-state index in [9.17, 15) is 4.57 Å². The summed E-state index contributed by atoms with van der Waals surface area (Å²) in [6.07, 6.45) is 0. The second-order valence-corrected chi connectivity index (χ2v) is 5.79. The average Bonchev–Trinajstić information content (AvgIpc) is 2.56. The lowest BCUT2D eigenvalue weighted by atomic mass is 10.3. The van der Waals surface area contributed by atoms with Crippen molar-refractivity contribution in [2.24, 2.45) is 0 Å². The van der Waals surface area contributed by atoms with Crippen molar-refractivity contribution in [2.45, 2.75) is 0 Å². The number of ether oxygens (including phenoxy) is 2. The Morgan fingerprint density at radius 1 is 0.636 bits per heavy atom. The molecule has 0 amide bonds. The van der Waals surface area contributed by atoms with Gasteiger partial charge in [-0.15, -0.1) is 0 Å². The first-order valence-corrected chi connectivity index (χ1v) is 7.87. The molecule has 0 aliphatic rings. The second-order valence-electron chi connectivity index (χ2n) is 4.16. The number of phosphoric acid groups is 1. The average molecular weight is 324 g/mol. The SMILES string of the molecule is COc1ccc(OP(=O)(OC)Oc2ccc(OC)cc2)cc1. The van der Waals surface area contributed by atoms with Gasteiger partial charge in [-0.2, -0.15) is 0 Å². The number of hydrogen-bond donors (Lipinski definition) is 0. The maximum absolute atomic E-state index is 12.5. The number of benzene rings is 2. The fraction of sp³-hybridized carbons (Fsp3) is 0.200. The monoisotopic (exact) mass is 324 g/mol. The van der Waals surface area contributed by atoms with Gasteiger partial charge in [-0.25, -0.2) is 4.57 Å². The summed E-state index contributed by atoms with van der Waals surface area (Å²) in [5.41, 5.74) is 0. The smallest absolute Gasteiger partial charge is 0.497 e. The van der Waals surface area contributed by atoms with Crippen molar-refractivity contribution in [3.8, 4) is 23.0 Å². The Hall–Kier alpha value is -2.17. The molecule has 0 bridgehead atoms. The molecule has 7 heteroatoms. The maximum Gasteiger partial charge on any atom is 0.587 e. The summed E-state index contributed by atoms with van der Waals surface area (Å²) >= 11 is 0. The lowest BCUT2D eigenvalue weighted by Gasteiger charge is -2.17. The minimum atomic E-state index is -3.77. The van der Waals surface area contributed by atoms with E-state index in [4.69, 9.17) is 23.0 Å². The molecule has 0 aliphatic heterocycles. The van der Waals surface area contributed by atoms with E-state index in [2.05, 4.69) is 0 Å². The van der Waals surface area contributed by atoms with Gasteiger partial charge in [-0.3, -0.25) is 4.52 Å². The molecular formula is C15H17O6P. The molecule has 0 radical (unpaired) electrons. The van der Waals surface area contributed by atoms with Crippen LogP contribution >= 0.6 is 7.82 Å². The molecule has 0 N–H and O–H groups in total. The Morgan fingerprint density at radius 3 is 1.23 bits per heavy atom. The molecular weight excluding hydrogens is 307 g/mol. The van der Waals surface area contributed by atoms with Crippen LogP contribution in [0.1, 0.15) is 0 Å². The first-order valence-electron chi connectivity index (χ1n) is 6.41. The summed E-state index contributed by atoms with van der Waals surface area (Å²) in [4.78, 5) is 0. The normalized spacial score (nSPS) is 10.9. The van der Waals surface area contributed by atoms with Crippen LogP contribution < -0.4 is 18.5 Å². The van der Waals surface area contributed by atoms with Gasteiger partial charge >= 0.3 is 7.82 Å². The third-order valence-corrected chi connectivity index (χ3v) is 4.09. The number of hydrogen-bond acceptors (Lipinski definition) is 6. The Morgan fingerprint density at radius 2 is 0.955 bits per heavy atom. The molecule has 0 unspecified atom stereocenters. The Kier molecular flexibility index (Phi) is 5.31. The zero-order chi connectivity index (χ0) is 16.0. The molecule has 6 nitrogen and oxygen atoms in total. The molecule has 118 valence electrons. The quantitative estimate of drug-likeness (QED) is 0.719. The van der Waals surface area contributed by atoms with Crippen LogP contribution in [0.25, 0.3) is 0 Å². The van der Waals surface area contributed by atoms with Crippen LogP contribution in [0.2, 0.25) is 0 Å². The highest BCUT2D eigenvalue weighted by Gasteiger charge is 2.29. The molecule has 0 aromatic heterocycles. The summed E-state index contributed by atoms with van der Waals surface area (Å²) < 4.78 is 38.2. The van der Waals surface area contributed by atoms with Gasteiger partial charge in [0.25, 0.3) is 0 Å². The third kappa shape index (κ3) is 4.16. The fourth-order valence-electron chi connectivity index (χ4n) is 1.62. The minimum absolute atomic E-state index is 0.347. The van der Waals surface area contributed by atoms with Crippen molar-refractivity contribution in [1.29, 1.82) is 0 Å². The molecule has 0 spiro atoms. The predicted molar refractivity (Wildman–Crippen MR) is 81.9 cm³/mol. The van der Waals surface area contributed by atoms with E-state index >= 15 is 0 Å². The number of phosphoric ester groups is 1. The predicted octanol–water partition coefficient (Wildman–Crippen LogP) is 3.92. The first kappa shape index (κ1) is 16.2. The molecule has 2 aromatic rings. The van der Waals surface area contributed by atoms with Crippen molar-refractivity contribution in [1.82, 2.24) is 0 Å². The van der Waals surface area contributed by atoms with Gasteiger partial charge in [0, 0.05) is 7.11 Å². The molecule has 0 fully saturated rings. The molecule has 0 atom stereocenters. The van der Waals surface area contributed by atoms with Crippen LogP contribution in [0, 0.1) is 0 Å². The van der Waals surface area contributed by atoms with Crippen molar-refractivity contribution in [3.63, 3.8) is 0 Å². The van der Waals surface area contributed by atoms with Gasteiger partial charge in [0.15, 0.2) is 0 Å². The van der Waals surface area contributed by atoms with E-state index in [1.807, 2.05) is 0 Å². The zero-order valence-corrected chi connectivity index (χ0v) is 13.4. The zero-order valence-electron chi connectivity index (χ0n) is 12.5. The summed E-state index contributed by atoms with van der Waals surface area (Å²) in [5.74, 6) is 2.02. The third-order valence-electron chi connectivity index (χ3n) is 2.78. The van der Waals surface area contributed by atoms with Gasteiger partial charge in [-0.1, -0.05) is 0 Å². The summed E-state index contributed by atoms with van der Waals surface area (Å²) in [6.45, 7) is 0. The van der Waals surface area contributed by atoms with Gasteiger partial charge in [-0.05, 0) is 48.5 Å². The summed E-state index contributed by atoms with van der Waals surface area (Å²) in [6, 6.07) is 13.2. The van der Waals surface area contributed by atoms with Crippen molar-refractivity contribution in [2.75, 3.05) is 21.3 Å². The molecule has 0 saturated carbocycles. The highest BCUT2D eigenvalue weighted by atomic mass is 31.2. The molecule has 0 aliphatic carbocycles. The van der Waals surface area contributed by atoms with Gasteiger partial charge in [0.1, 0.15) is 23.0 Å². The lowest BCUT2D eigenvalue weighted by Crippen LogP contribution is -2.02. The van der Waals surface area contributed by atoms with Gasteiger partial charge < -0.3 is 18.5 Å². The van der Waals surface area contributed by atoms with Crippen molar-refractivity contribution in [3.05, 3.63) is 48.5 Å². The molecule has 2 rings (SSSR count). The van der Waals surface area contributed by atoms with Crippen molar-refractivity contribution >= 4 is 7.82 Å². The maximum atomic E-state index is 12.5. The Labute approximate surface area is 129 Å². The fourth-order valence-corrected chi connectivity index (χ4v) is 2.57.